The Kier molecular flexibility index (Phi) is 5.78. The topological polar surface area (TPSA) is 72.7 Å². The summed E-state index contributed by atoms with van der Waals surface area (Å²) in [6.07, 6.45) is 0. The summed E-state index contributed by atoms with van der Waals surface area (Å²) in [5, 5.41) is 2.74. The van der Waals surface area contributed by atoms with Gasteiger partial charge in [-0.15, -0.1) is 0 Å². The summed E-state index contributed by atoms with van der Waals surface area (Å²) in [5.41, 5.74) is 1.87. The minimum absolute atomic E-state index is 0.158. The first-order valence-corrected chi connectivity index (χ1v) is 9.04. The second-order valence-corrected chi connectivity index (χ2v) is 6.83. The number of nitrogens with one attached hydrogen (secondary N) is 1. The summed E-state index contributed by atoms with van der Waals surface area (Å²) < 4.78 is 21.0. The molecule has 0 radical (unpaired) electrons. The van der Waals surface area contributed by atoms with E-state index in [-0.39, 0.29) is 5.91 Å². The van der Waals surface area contributed by atoms with Crippen LogP contribution in [0.15, 0.2) is 47.5 Å². The summed E-state index contributed by atoms with van der Waals surface area (Å²) in [5.74, 6) is -1.02. The summed E-state index contributed by atoms with van der Waals surface area (Å²) in [4.78, 5) is 28.5. The number of carbonyl (C=O) groups is 2. The largest absolute Gasteiger partial charge is 0.383 e. The third-order valence-corrected chi connectivity index (χ3v) is 4.85. The van der Waals surface area contributed by atoms with Gasteiger partial charge in [-0.05, 0) is 42.5 Å². The molecule has 6 nitrogen and oxygen atoms in total. The first kappa shape index (κ1) is 18.9. The van der Waals surface area contributed by atoms with Gasteiger partial charge in [-0.1, -0.05) is 11.3 Å². The molecule has 0 atom stereocenters. The molecule has 1 heterocycles. The van der Waals surface area contributed by atoms with E-state index < -0.39 is 11.7 Å². The van der Waals surface area contributed by atoms with E-state index in [1.54, 1.807) is 13.2 Å². The minimum Gasteiger partial charge on any atom is -0.383 e. The van der Waals surface area contributed by atoms with Crippen LogP contribution in [0.3, 0.4) is 0 Å². The lowest BCUT2D eigenvalue weighted by molar-refractivity contribution is -0.114. The highest BCUT2D eigenvalue weighted by Crippen LogP contribution is 2.22. The van der Waals surface area contributed by atoms with Crippen molar-refractivity contribution in [3.63, 3.8) is 0 Å². The van der Waals surface area contributed by atoms with Gasteiger partial charge < -0.3 is 14.6 Å². The number of ether oxygens (including phenoxy) is 1. The lowest BCUT2D eigenvalue weighted by Gasteiger charge is -2.05. The van der Waals surface area contributed by atoms with Gasteiger partial charge in [0.15, 0.2) is 4.80 Å². The van der Waals surface area contributed by atoms with Gasteiger partial charge in [0.1, 0.15) is 5.82 Å². The third kappa shape index (κ3) is 4.47. The number of rotatable bonds is 5. The van der Waals surface area contributed by atoms with E-state index in [4.69, 9.17) is 4.74 Å². The van der Waals surface area contributed by atoms with E-state index in [2.05, 4.69) is 10.3 Å². The van der Waals surface area contributed by atoms with Crippen LogP contribution in [0.2, 0.25) is 0 Å². The number of anilines is 1. The van der Waals surface area contributed by atoms with Gasteiger partial charge in [0.25, 0.3) is 5.91 Å². The zero-order chi connectivity index (χ0) is 19.4. The molecular formula is C19H18FN3O3S. The highest BCUT2D eigenvalue weighted by Gasteiger charge is 2.10. The second-order valence-electron chi connectivity index (χ2n) is 5.82. The van der Waals surface area contributed by atoms with E-state index in [1.165, 1.54) is 42.5 Å². The Bertz CT molecular complexity index is 1050. The maximum Gasteiger partial charge on any atom is 0.279 e. The van der Waals surface area contributed by atoms with Crippen LogP contribution < -0.4 is 10.1 Å². The van der Waals surface area contributed by atoms with E-state index in [0.29, 0.717) is 29.2 Å². The van der Waals surface area contributed by atoms with Gasteiger partial charge in [0, 0.05) is 31.8 Å². The van der Waals surface area contributed by atoms with Crippen molar-refractivity contribution in [3.8, 4) is 0 Å². The van der Waals surface area contributed by atoms with Crippen LogP contribution in [0.5, 0.6) is 0 Å². The molecule has 8 heteroatoms. The number of nitrogens with zero attached hydrogens (tertiary/aromatic N) is 2. The predicted octanol–water partition coefficient (Wildman–Crippen LogP) is 3.19. The van der Waals surface area contributed by atoms with Gasteiger partial charge in [-0.2, -0.15) is 4.99 Å². The van der Waals surface area contributed by atoms with Gasteiger partial charge in [0.2, 0.25) is 5.91 Å². The van der Waals surface area contributed by atoms with Crippen LogP contribution in [0, 0.1) is 5.82 Å². The molecule has 3 rings (SSSR count). The molecule has 2 aromatic carbocycles. The monoisotopic (exact) mass is 387 g/mol. The fourth-order valence-corrected chi connectivity index (χ4v) is 3.68. The number of fused-ring (bicyclic) bond motifs is 1. The number of amides is 2. The molecule has 0 spiro atoms. The fourth-order valence-electron chi connectivity index (χ4n) is 2.58. The number of carbonyl (C=O) groups excluding carboxylic acids is 2. The van der Waals surface area contributed by atoms with E-state index in [1.807, 2.05) is 16.7 Å². The van der Waals surface area contributed by atoms with Crippen molar-refractivity contribution in [2.75, 3.05) is 19.0 Å². The number of aromatic nitrogens is 1. The molecule has 1 aromatic heterocycles. The SMILES string of the molecule is COCCn1c(=NC(=O)c2ccc(F)cc2)sc2cc(NC(C)=O)ccc21. The normalized spacial score (nSPS) is 11.7. The standard InChI is InChI=1S/C19H18FN3O3S/c1-12(24)21-15-7-8-16-17(11-15)27-19(23(16)9-10-26-2)22-18(25)13-3-5-14(20)6-4-13/h3-8,11H,9-10H2,1-2H3,(H,21,24). The van der Waals surface area contributed by atoms with Crippen LogP contribution in [-0.2, 0) is 16.1 Å². The zero-order valence-electron chi connectivity index (χ0n) is 14.9. The molecule has 0 aliphatic heterocycles. The summed E-state index contributed by atoms with van der Waals surface area (Å²) in [6.45, 7) is 2.42. The Morgan fingerprint density at radius 1 is 1.22 bits per heavy atom. The molecular weight excluding hydrogens is 369 g/mol. The van der Waals surface area contributed by atoms with E-state index >= 15 is 0 Å². The molecule has 27 heavy (non-hydrogen) atoms. The van der Waals surface area contributed by atoms with Gasteiger partial charge in [-0.3, -0.25) is 9.59 Å². The van der Waals surface area contributed by atoms with Crippen LogP contribution in [0.25, 0.3) is 10.2 Å². The predicted molar refractivity (Wildman–Crippen MR) is 102 cm³/mol. The molecule has 0 saturated carbocycles. The Morgan fingerprint density at radius 3 is 2.63 bits per heavy atom. The second kappa shape index (κ2) is 8.24. The molecule has 2 amide bonds. The van der Waals surface area contributed by atoms with Crippen LogP contribution in [0.4, 0.5) is 10.1 Å². The lowest BCUT2D eigenvalue weighted by Crippen LogP contribution is -2.19. The molecule has 0 saturated heterocycles. The Labute approximate surface area is 158 Å². The molecule has 0 unspecified atom stereocenters. The number of hydrogen-bond acceptors (Lipinski definition) is 4. The molecule has 0 bridgehead atoms. The Balaban J connectivity index is 2.07. The smallest absolute Gasteiger partial charge is 0.279 e. The Hall–Kier alpha value is -2.84. The summed E-state index contributed by atoms with van der Waals surface area (Å²) >= 11 is 1.34. The first-order valence-electron chi connectivity index (χ1n) is 8.22. The van der Waals surface area contributed by atoms with Crippen molar-refractivity contribution >= 4 is 39.1 Å². The van der Waals surface area contributed by atoms with Crippen LogP contribution >= 0.6 is 11.3 Å². The van der Waals surface area contributed by atoms with Gasteiger partial charge in [0.05, 0.1) is 16.8 Å². The first-order chi connectivity index (χ1) is 13.0. The quantitative estimate of drug-likeness (QED) is 0.731. The maximum atomic E-state index is 13.1. The number of hydrogen-bond donors (Lipinski definition) is 1. The molecule has 0 aliphatic rings. The highest BCUT2D eigenvalue weighted by atomic mass is 32.1. The Morgan fingerprint density at radius 2 is 1.96 bits per heavy atom. The lowest BCUT2D eigenvalue weighted by atomic mass is 10.2. The fraction of sp³-hybridized carbons (Fsp3) is 0.211. The van der Waals surface area contributed by atoms with Crippen molar-refractivity contribution in [2.45, 2.75) is 13.5 Å². The third-order valence-electron chi connectivity index (χ3n) is 3.81. The number of methoxy groups -OCH3 is 1. The van der Waals surface area contributed by atoms with Crippen molar-refractivity contribution in [3.05, 3.63) is 58.6 Å². The molecule has 0 fully saturated rings. The van der Waals surface area contributed by atoms with Crippen molar-refractivity contribution in [1.82, 2.24) is 4.57 Å². The average Bonchev–Trinajstić information content (AvgIpc) is 2.96. The molecule has 140 valence electrons. The minimum atomic E-state index is -0.449. The van der Waals surface area contributed by atoms with E-state index in [9.17, 15) is 14.0 Å². The summed E-state index contributed by atoms with van der Waals surface area (Å²) in [6, 6.07) is 10.8. The molecule has 3 aromatic rings. The number of halogens is 1. The highest BCUT2D eigenvalue weighted by molar-refractivity contribution is 7.16. The van der Waals surface area contributed by atoms with Crippen LogP contribution in [-0.4, -0.2) is 30.1 Å². The van der Waals surface area contributed by atoms with Gasteiger partial charge in [-0.25, -0.2) is 4.39 Å². The van der Waals surface area contributed by atoms with Crippen molar-refractivity contribution in [2.24, 2.45) is 4.99 Å². The average molecular weight is 387 g/mol. The van der Waals surface area contributed by atoms with Gasteiger partial charge >= 0.3 is 0 Å². The summed E-state index contributed by atoms with van der Waals surface area (Å²) in [7, 11) is 1.60. The van der Waals surface area contributed by atoms with E-state index in [0.717, 1.165) is 10.2 Å². The molecule has 1 N–H and O–H groups in total. The van der Waals surface area contributed by atoms with Crippen molar-refractivity contribution in [1.29, 1.82) is 0 Å². The number of benzene rings is 2. The van der Waals surface area contributed by atoms with Crippen LogP contribution in [0.1, 0.15) is 17.3 Å². The molecule has 0 aliphatic carbocycles. The zero-order valence-corrected chi connectivity index (χ0v) is 15.7. The van der Waals surface area contributed by atoms with Crippen molar-refractivity contribution < 1.29 is 18.7 Å². The maximum absolute atomic E-state index is 13.1. The number of thiazole rings is 1.